The molecule has 3 heterocycles. The monoisotopic (exact) mass is 383 g/mol. The van der Waals surface area contributed by atoms with E-state index in [-0.39, 0.29) is 12.5 Å². The Hall–Kier alpha value is -3.11. The van der Waals surface area contributed by atoms with E-state index in [1.807, 2.05) is 12.1 Å². The molecule has 0 aliphatic carbocycles. The molecule has 0 atom stereocenters. The zero-order valence-corrected chi connectivity index (χ0v) is 15.5. The summed E-state index contributed by atoms with van der Waals surface area (Å²) in [5.41, 5.74) is 2.07. The zero-order valence-electron chi connectivity index (χ0n) is 15.5. The number of hydrogen-bond donors (Lipinski definition) is 1. The Morgan fingerprint density at radius 2 is 2.00 bits per heavy atom. The molecule has 28 heavy (non-hydrogen) atoms. The average molecular weight is 383 g/mol. The number of ether oxygens (including phenoxy) is 1. The van der Waals surface area contributed by atoms with Crippen molar-refractivity contribution < 1.29 is 14.1 Å². The predicted octanol–water partition coefficient (Wildman–Crippen LogP) is 1.11. The van der Waals surface area contributed by atoms with Crippen LogP contribution in [-0.2, 0) is 22.6 Å². The van der Waals surface area contributed by atoms with Crippen molar-refractivity contribution in [2.75, 3.05) is 31.6 Å². The lowest BCUT2D eigenvalue weighted by atomic mass is 10.1. The van der Waals surface area contributed by atoms with Gasteiger partial charge in [-0.2, -0.15) is 4.80 Å². The third-order valence-electron chi connectivity index (χ3n) is 4.36. The van der Waals surface area contributed by atoms with Crippen molar-refractivity contribution in [1.82, 2.24) is 30.3 Å². The fourth-order valence-electron chi connectivity index (χ4n) is 2.94. The smallest absolute Gasteiger partial charge is 0.249 e. The maximum Gasteiger partial charge on any atom is 0.249 e. The summed E-state index contributed by atoms with van der Waals surface area (Å²) < 4.78 is 10.3. The van der Waals surface area contributed by atoms with Gasteiger partial charge in [0.1, 0.15) is 12.3 Å². The maximum atomic E-state index is 12.0. The van der Waals surface area contributed by atoms with Crippen molar-refractivity contribution in [3.8, 4) is 11.4 Å². The summed E-state index contributed by atoms with van der Waals surface area (Å²) in [6.07, 6.45) is 0. The van der Waals surface area contributed by atoms with Crippen LogP contribution in [0.4, 0.5) is 5.82 Å². The largest absolute Gasteiger partial charge is 0.379 e. The molecule has 0 bridgehead atoms. The minimum Gasteiger partial charge on any atom is -0.379 e. The number of nitrogens with one attached hydrogen (secondary N) is 1. The van der Waals surface area contributed by atoms with E-state index < -0.39 is 0 Å². The number of amides is 1. The molecule has 1 fully saturated rings. The molecule has 146 valence electrons. The lowest BCUT2D eigenvalue weighted by molar-refractivity contribution is -0.117. The van der Waals surface area contributed by atoms with E-state index in [1.54, 1.807) is 13.0 Å². The number of aromatic nitrogens is 5. The second kappa shape index (κ2) is 8.28. The summed E-state index contributed by atoms with van der Waals surface area (Å²) in [4.78, 5) is 15.6. The Morgan fingerprint density at radius 3 is 2.71 bits per heavy atom. The van der Waals surface area contributed by atoms with Crippen LogP contribution in [0.1, 0.15) is 11.3 Å². The molecule has 0 spiro atoms. The first-order chi connectivity index (χ1) is 13.7. The topological polar surface area (TPSA) is 111 Å². The van der Waals surface area contributed by atoms with Crippen LogP contribution in [0.25, 0.3) is 11.4 Å². The number of anilines is 1. The number of rotatable bonds is 6. The van der Waals surface area contributed by atoms with Crippen LogP contribution in [0.5, 0.6) is 0 Å². The highest BCUT2D eigenvalue weighted by molar-refractivity contribution is 5.89. The summed E-state index contributed by atoms with van der Waals surface area (Å²) in [7, 11) is 0. The van der Waals surface area contributed by atoms with E-state index in [0.717, 1.165) is 38.4 Å². The molecule has 10 nitrogen and oxygen atoms in total. The second-order valence-electron chi connectivity index (χ2n) is 6.60. The fraction of sp³-hybridized carbons (Fsp3) is 0.389. The van der Waals surface area contributed by atoms with Crippen LogP contribution >= 0.6 is 0 Å². The van der Waals surface area contributed by atoms with Gasteiger partial charge >= 0.3 is 0 Å². The summed E-state index contributed by atoms with van der Waals surface area (Å²) >= 11 is 0. The SMILES string of the molecule is Cc1cc(NC(=O)Cn2nnc(-c3ccc(CN4CCOCC4)cc3)n2)no1. The van der Waals surface area contributed by atoms with Gasteiger partial charge in [-0.05, 0) is 17.7 Å². The molecule has 3 aromatic rings. The van der Waals surface area contributed by atoms with Crippen molar-refractivity contribution in [3.63, 3.8) is 0 Å². The van der Waals surface area contributed by atoms with Crippen LogP contribution in [0.15, 0.2) is 34.9 Å². The van der Waals surface area contributed by atoms with Gasteiger partial charge in [-0.15, -0.1) is 10.2 Å². The highest BCUT2D eigenvalue weighted by Gasteiger charge is 2.13. The molecule has 1 saturated heterocycles. The van der Waals surface area contributed by atoms with Crippen molar-refractivity contribution in [3.05, 3.63) is 41.7 Å². The molecule has 1 aliphatic rings. The Labute approximate surface area is 161 Å². The summed E-state index contributed by atoms with van der Waals surface area (Å²) in [5, 5.41) is 18.6. The van der Waals surface area contributed by atoms with Gasteiger partial charge in [-0.25, -0.2) is 0 Å². The summed E-state index contributed by atoms with van der Waals surface area (Å²) in [5.74, 6) is 1.15. The maximum absolute atomic E-state index is 12.0. The molecule has 4 rings (SSSR count). The first kappa shape index (κ1) is 18.3. The minimum absolute atomic E-state index is 0.0615. The third kappa shape index (κ3) is 4.59. The van der Waals surface area contributed by atoms with Gasteiger partial charge in [0.05, 0.1) is 13.2 Å². The number of morpholine rings is 1. The molecule has 0 radical (unpaired) electrons. The minimum atomic E-state index is -0.307. The quantitative estimate of drug-likeness (QED) is 0.674. The van der Waals surface area contributed by atoms with Crippen molar-refractivity contribution in [1.29, 1.82) is 0 Å². The van der Waals surface area contributed by atoms with E-state index in [9.17, 15) is 4.79 Å². The third-order valence-corrected chi connectivity index (χ3v) is 4.36. The van der Waals surface area contributed by atoms with Crippen molar-refractivity contribution in [2.24, 2.45) is 0 Å². The Morgan fingerprint density at radius 1 is 1.21 bits per heavy atom. The zero-order chi connectivity index (χ0) is 19.3. The Bertz CT molecular complexity index is 929. The van der Waals surface area contributed by atoms with Gasteiger partial charge in [0, 0.05) is 31.3 Å². The van der Waals surface area contributed by atoms with Crippen LogP contribution in [0, 0.1) is 6.92 Å². The van der Waals surface area contributed by atoms with Crippen LogP contribution in [-0.4, -0.2) is 62.5 Å². The lowest BCUT2D eigenvalue weighted by Crippen LogP contribution is -2.35. The molecule has 1 N–H and O–H groups in total. The normalized spacial score (nSPS) is 14.9. The molecule has 0 saturated carbocycles. The average Bonchev–Trinajstić information content (AvgIpc) is 3.32. The molecule has 0 unspecified atom stereocenters. The molecule has 1 aliphatic heterocycles. The first-order valence-electron chi connectivity index (χ1n) is 9.06. The van der Waals surface area contributed by atoms with E-state index >= 15 is 0 Å². The predicted molar refractivity (Wildman–Crippen MR) is 99.2 cm³/mol. The highest BCUT2D eigenvalue weighted by Crippen LogP contribution is 2.16. The first-order valence-corrected chi connectivity index (χ1v) is 9.06. The molecule has 1 amide bonds. The standard InChI is InChI=1S/C18H21N7O3/c1-13-10-16(22-28-13)19-17(26)12-25-21-18(20-23-25)15-4-2-14(3-5-15)11-24-6-8-27-9-7-24/h2-5,10H,6-9,11-12H2,1H3,(H,19,22,26). The van der Waals surface area contributed by atoms with Gasteiger partial charge in [-0.1, -0.05) is 29.4 Å². The van der Waals surface area contributed by atoms with E-state index in [2.05, 4.69) is 42.9 Å². The number of hydrogen-bond acceptors (Lipinski definition) is 8. The number of benzene rings is 1. The van der Waals surface area contributed by atoms with Crippen molar-refractivity contribution in [2.45, 2.75) is 20.0 Å². The van der Waals surface area contributed by atoms with E-state index in [0.29, 0.717) is 17.4 Å². The number of carbonyl (C=O) groups excluding carboxylic acids is 1. The van der Waals surface area contributed by atoms with Gasteiger partial charge in [0.2, 0.25) is 11.7 Å². The number of nitrogens with zero attached hydrogens (tertiary/aromatic N) is 6. The summed E-state index contributed by atoms with van der Waals surface area (Å²) in [6, 6.07) is 9.69. The number of carbonyl (C=O) groups is 1. The van der Waals surface area contributed by atoms with E-state index in [1.165, 1.54) is 10.4 Å². The van der Waals surface area contributed by atoms with Gasteiger partial charge in [0.15, 0.2) is 5.82 Å². The highest BCUT2D eigenvalue weighted by atomic mass is 16.5. The van der Waals surface area contributed by atoms with Crippen LogP contribution in [0.3, 0.4) is 0 Å². The number of aryl methyl sites for hydroxylation is 1. The number of tetrazole rings is 1. The van der Waals surface area contributed by atoms with Crippen LogP contribution in [0.2, 0.25) is 0 Å². The lowest BCUT2D eigenvalue weighted by Gasteiger charge is -2.26. The molecule has 2 aromatic heterocycles. The Kier molecular flexibility index (Phi) is 5.40. The van der Waals surface area contributed by atoms with Crippen LogP contribution < -0.4 is 5.32 Å². The molecule has 10 heteroatoms. The second-order valence-corrected chi connectivity index (χ2v) is 6.60. The molecular weight excluding hydrogens is 362 g/mol. The molecule has 1 aromatic carbocycles. The molecular formula is C18H21N7O3. The summed E-state index contributed by atoms with van der Waals surface area (Å²) in [6.45, 7) is 6.06. The van der Waals surface area contributed by atoms with E-state index in [4.69, 9.17) is 9.26 Å². The van der Waals surface area contributed by atoms with Crippen molar-refractivity contribution >= 4 is 11.7 Å². The Balaban J connectivity index is 1.34. The van der Waals surface area contributed by atoms with Gasteiger partial charge < -0.3 is 14.6 Å². The van der Waals surface area contributed by atoms with Gasteiger partial charge in [-0.3, -0.25) is 9.69 Å². The van der Waals surface area contributed by atoms with Gasteiger partial charge in [0.25, 0.3) is 0 Å². The fourth-order valence-corrected chi connectivity index (χ4v) is 2.94.